The van der Waals surface area contributed by atoms with Gasteiger partial charge in [-0.25, -0.2) is 0 Å². The molecule has 47 heavy (non-hydrogen) atoms. The van der Waals surface area contributed by atoms with E-state index in [-0.39, 0.29) is 16.9 Å². The number of fused-ring (bicyclic) bond motifs is 1. The molecule has 10 atom stereocenters. The minimum atomic E-state index is -1.85. The number of hydrogen-bond acceptors (Lipinski definition) is 17. The van der Waals surface area contributed by atoms with Gasteiger partial charge >= 0.3 is 5.97 Å². The van der Waals surface area contributed by atoms with Crippen molar-refractivity contribution in [2.45, 2.75) is 82.2 Å². The lowest BCUT2D eigenvalue weighted by Crippen LogP contribution is -2.59. The number of carbonyl (C=O) groups excluding carboxylic acids is 1. The van der Waals surface area contributed by atoms with Gasteiger partial charge in [-0.15, -0.1) is 0 Å². The zero-order valence-corrected chi connectivity index (χ0v) is 25.3. The molecule has 0 radical (unpaired) electrons. The smallest absolute Gasteiger partial charge is 0.303 e. The van der Waals surface area contributed by atoms with Crippen LogP contribution in [0.5, 0.6) is 34.5 Å². The van der Waals surface area contributed by atoms with E-state index >= 15 is 0 Å². The minimum Gasteiger partial charge on any atom is -0.504 e. The number of esters is 1. The predicted octanol–water partition coefficient (Wildman–Crippen LogP) is -0.431. The number of phenolic OH excluding ortho intramolecular Hbond substituents is 3. The Balaban J connectivity index is 1.63. The summed E-state index contributed by atoms with van der Waals surface area (Å²) in [5.74, 6) is -4.51. The summed E-state index contributed by atoms with van der Waals surface area (Å²) in [6, 6.07) is 4.47. The number of aliphatic hydroxyl groups excluding tert-OH is 5. The summed E-state index contributed by atoms with van der Waals surface area (Å²) < 4.78 is 38.9. The molecule has 5 rings (SSSR count). The first-order valence-electron chi connectivity index (χ1n) is 14.3. The summed E-state index contributed by atoms with van der Waals surface area (Å²) >= 11 is 0. The molecule has 3 heterocycles. The lowest BCUT2D eigenvalue weighted by molar-refractivity contribution is -0.272. The van der Waals surface area contributed by atoms with E-state index in [1.165, 1.54) is 19.9 Å². The van der Waals surface area contributed by atoms with Crippen LogP contribution in [0.2, 0.25) is 0 Å². The number of hydrogen-bond donors (Lipinski definition) is 8. The molecule has 2 saturated heterocycles. The van der Waals surface area contributed by atoms with E-state index in [0.717, 1.165) is 32.2 Å². The van der Waals surface area contributed by atoms with Gasteiger partial charge in [0.25, 0.3) is 0 Å². The molecule has 2 aromatic carbocycles. The summed E-state index contributed by atoms with van der Waals surface area (Å²) in [5, 5.41) is 82.9. The molecule has 1 aromatic heterocycles. The van der Waals surface area contributed by atoms with E-state index in [0.29, 0.717) is 0 Å². The molecule has 0 amide bonds. The second-order valence-corrected chi connectivity index (χ2v) is 11.1. The molecule has 0 spiro atoms. The predicted molar refractivity (Wildman–Crippen MR) is 155 cm³/mol. The topological polar surface area (TPSA) is 264 Å². The monoisotopic (exact) mass is 666 g/mol. The van der Waals surface area contributed by atoms with Gasteiger partial charge in [0.1, 0.15) is 41.5 Å². The van der Waals surface area contributed by atoms with Gasteiger partial charge in [0.15, 0.2) is 34.9 Å². The van der Waals surface area contributed by atoms with Crippen LogP contribution in [0.15, 0.2) is 33.5 Å². The highest BCUT2D eigenvalue weighted by Crippen LogP contribution is 2.46. The third-order valence-electron chi connectivity index (χ3n) is 7.84. The van der Waals surface area contributed by atoms with Gasteiger partial charge in [-0.2, -0.15) is 0 Å². The molecule has 17 heteroatoms. The second kappa shape index (κ2) is 13.0. The number of methoxy groups -OCH3 is 1. The lowest BCUT2D eigenvalue weighted by Gasteiger charge is -2.40. The number of ether oxygens (including phenoxy) is 6. The fourth-order valence-corrected chi connectivity index (χ4v) is 5.33. The molecule has 2 aliphatic heterocycles. The van der Waals surface area contributed by atoms with Crippen LogP contribution in [-0.4, -0.2) is 115 Å². The van der Waals surface area contributed by atoms with Crippen LogP contribution in [0.3, 0.4) is 0 Å². The van der Waals surface area contributed by atoms with Gasteiger partial charge in [-0.1, -0.05) is 0 Å². The van der Waals surface area contributed by atoms with E-state index in [1.807, 2.05) is 0 Å². The second-order valence-electron chi connectivity index (χ2n) is 11.1. The number of phenols is 3. The number of aliphatic hydroxyl groups is 5. The number of aromatic hydroxyl groups is 3. The summed E-state index contributed by atoms with van der Waals surface area (Å²) in [7, 11) is 1.13. The zero-order chi connectivity index (χ0) is 34.5. The van der Waals surface area contributed by atoms with E-state index in [4.69, 9.17) is 32.8 Å². The van der Waals surface area contributed by atoms with Crippen molar-refractivity contribution in [2.75, 3.05) is 7.11 Å². The first-order chi connectivity index (χ1) is 22.1. The van der Waals surface area contributed by atoms with Gasteiger partial charge in [0.05, 0.1) is 19.3 Å². The number of carbonyl (C=O) groups is 1. The maximum absolute atomic E-state index is 14.0. The largest absolute Gasteiger partial charge is 0.504 e. The van der Waals surface area contributed by atoms with Crippen LogP contribution in [0.25, 0.3) is 22.3 Å². The fraction of sp³-hybridized carbons (Fsp3) is 0.467. The highest BCUT2D eigenvalue weighted by Gasteiger charge is 2.47. The first kappa shape index (κ1) is 34.0. The standard InChI is InChI=1S/C30H34O17/c1-9-18(34)21(37)23(39)30(42-9)47-28-20(36)17-15(45-26(28)12-5-6-13(32)14(33)7-12)8-16(27(41-4)19(17)35)46-29-24(40)22(38)25(10(2)43-29)44-11(3)31/h5-10,18,21-25,29-30,32-35,37-40H,1-4H3/t9-,10-,18-,21-,22-,23+,24+,25+,29+,30-/m0/s1. The quantitative estimate of drug-likeness (QED) is 0.117. The Kier molecular flexibility index (Phi) is 9.43. The van der Waals surface area contributed by atoms with E-state index in [9.17, 15) is 50.4 Å². The molecule has 256 valence electrons. The highest BCUT2D eigenvalue weighted by atomic mass is 16.7. The van der Waals surface area contributed by atoms with E-state index in [1.54, 1.807) is 0 Å². The Morgan fingerprint density at radius 1 is 0.787 bits per heavy atom. The van der Waals surface area contributed by atoms with Crippen molar-refractivity contribution >= 4 is 16.9 Å². The van der Waals surface area contributed by atoms with Crippen molar-refractivity contribution in [1.29, 1.82) is 0 Å². The van der Waals surface area contributed by atoms with Gasteiger partial charge in [-0.3, -0.25) is 9.59 Å². The summed E-state index contributed by atoms with van der Waals surface area (Å²) in [6.07, 6.45) is -15.0. The van der Waals surface area contributed by atoms with Crippen molar-refractivity contribution in [3.63, 3.8) is 0 Å². The number of benzene rings is 2. The molecular formula is C30H34O17. The van der Waals surface area contributed by atoms with E-state index < -0.39 is 113 Å². The Morgan fingerprint density at radius 2 is 1.43 bits per heavy atom. The lowest BCUT2D eigenvalue weighted by atomic mass is 9.99. The van der Waals surface area contributed by atoms with Crippen LogP contribution in [0, 0.1) is 0 Å². The van der Waals surface area contributed by atoms with Crippen LogP contribution in [-0.2, 0) is 19.0 Å². The summed E-state index contributed by atoms with van der Waals surface area (Å²) in [6.45, 7) is 3.97. The Bertz CT molecular complexity index is 1700. The first-order valence-corrected chi connectivity index (χ1v) is 14.3. The van der Waals surface area contributed by atoms with Crippen LogP contribution >= 0.6 is 0 Å². The Hall–Kier alpha value is -4.36. The van der Waals surface area contributed by atoms with Crippen molar-refractivity contribution in [2.24, 2.45) is 0 Å². The third kappa shape index (κ3) is 6.21. The highest BCUT2D eigenvalue weighted by molar-refractivity contribution is 5.91. The zero-order valence-electron chi connectivity index (χ0n) is 25.3. The van der Waals surface area contributed by atoms with Crippen molar-refractivity contribution < 1.29 is 78.5 Å². The molecule has 17 nitrogen and oxygen atoms in total. The number of rotatable bonds is 7. The van der Waals surface area contributed by atoms with Crippen LogP contribution < -0.4 is 19.6 Å². The molecule has 2 aliphatic rings. The molecular weight excluding hydrogens is 632 g/mol. The van der Waals surface area contributed by atoms with Crippen molar-refractivity contribution in [3.05, 3.63) is 34.5 Å². The molecule has 3 aromatic rings. The van der Waals surface area contributed by atoms with E-state index in [2.05, 4.69) is 0 Å². The summed E-state index contributed by atoms with van der Waals surface area (Å²) in [4.78, 5) is 25.4. The van der Waals surface area contributed by atoms with Crippen LogP contribution in [0.4, 0.5) is 0 Å². The average molecular weight is 667 g/mol. The maximum atomic E-state index is 14.0. The minimum absolute atomic E-state index is 0.0366. The van der Waals surface area contributed by atoms with Crippen LogP contribution in [0.1, 0.15) is 20.8 Å². The van der Waals surface area contributed by atoms with Gasteiger partial charge < -0.3 is 73.7 Å². The Labute approximate surface area is 265 Å². The molecule has 0 saturated carbocycles. The fourth-order valence-electron chi connectivity index (χ4n) is 5.33. The molecule has 8 N–H and O–H groups in total. The van der Waals surface area contributed by atoms with Crippen molar-refractivity contribution in [3.8, 4) is 45.8 Å². The molecule has 0 unspecified atom stereocenters. The maximum Gasteiger partial charge on any atom is 0.303 e. The Morgan fingerprint density at radius 3 is 2.06 bits per heavy atom. The van der Waals surface area contributed by atoms with Gasteiger partial charge in [-0.05, 0) is 32.0 Å². The molecule has 0 aliphatic carbocycles. The third-order valence-corrected chi connectivity index (χ3v) is 7.84. The van der Waals surface area contributed by atoms with Gasteiger partial charge in [0, 0.05) is 18.6 Å². The normalized spacial score (nSPS) is 30.9. The molecule has 0 bridgehead atoms. The average Bonchev–Trinajstić information content (AvgIpc) is 3.01. The summed E-state index contributed by atoms with van der Waals surface area (Å²) in [5.41, 5.74) is -1.45. The van der Waals surface area contributed by atoms with Crippen molar-refractivity contribution in [1.82, 2.24) is 0 Å². The molecule has 2 fully saturated rings. The SMILES string of the molecule is COc1c(O[C@H]2O[C@@H](C)[C@@H](OC(C)=O)[C@@H](O)[C@H]2O)cc2oc(-c3ccc(O)c(O)c3)c(O[C@@H]3O[C@@H](C)[C@H](O)[C@H](O)[C@H]3O)c(=O)c2c1O. The van der Waals surface area contributed by atoms with Gasteiger partial charge in [0.2, 0.25) is 29.5 Å².